The number of aliphatic carboxylic acids is 1. The summed E-state index contributed by atoms with van der Waals surface area (Å²) in [5.74, 6) is -1.97. The van der Waals surface area contributed by atoms with Crippen LogP contribution in [-0.2, 0) is 14.3 Å². The summed E-state index contributed by atoms with van der Waals surface area (Å²) in [6.07, 6.45) is 2.75. The van der Waals surface area contributed by atoms with E-state index in [0.717, 1.165) is 25.8 Å². The number of ether oxygens (including phenoxy) is 1. The zero-order chi connectivity index (χ0) is 13.8. The van der Waals surface area contributed by atoms with Gasteiger partial charge < -0.3 is 15.2 Å². The van der Waals surface area contributed by atoms with E-state index < -0.39 is 23.5 Å². The highest BCUT2D eigenvalue weighted by molar-refractivity contribution is 5.80. The normalized spacial score (nSPS) is 22.3. The summed E-state index contributed by atoms with van der Waals surface area (Å²) in [5, 5.41) is 12.2. The third kappa shape index (κ3) is 5.04. The van der Waals surface area contributed by atoms with Gasteiger partial charge in [-0.15, -0.1) is 0 Å². The van der Waals surface area contributed by atoms with Crippen LogP contribution in [0.3, 0.4) is 0 Å². The lowest BCUT2D eigenvalue weighted by Crippen LogP contribution is -2.45. The van der Waals surface area contributed by atoms with Crippen molar-refractivity contribution in [2.24, 2.45) is 5.92 Å². The SMILES string of the molecule is CC(C)(C)OC(=O)C(CC(=O)O)C1CCCCN1. The third-order valence-corrected chi connectivity index (χ3v) is 2.94. The van der Waals surface area contributed by atoms with Crippen molar-refractivity contribution in [3.05, 3.63) is 0 Å². The fourth-order valence-corrected chi connectivity index (χ4v) is 2.18. The molecule has 2 N–H and O–H groups in total. The number of carboxylic acid groups (broad SMARTS) is 1. The molecule has 5 nitrogen and oxygen atoms in total. The Morgan fingerprint density at radius 3 is 2.50 bits per heavy atom. The summed E-state index contributed by atoms with van der Waals surface area (Å²) in [7, 11) is 0. The molecule has 1 rings (SSSR count). The molecule has 1 saturated heterocycles. The van der Waals surface area contributed by atoms with E-state index in [4.69, 9.17) is 9.84 Å². The molecule has 0 spiro atoms. The van der Waals surface area contributed by atoms with Crippen LogP contribution < -0.4 is 5.32 Å². The number of rotatable bonds is 4. The fraction of sp³-hybridized carbons (Fsp3) is 0.846. The molecular formula is C13H23NO4. The summed E-state index contributed by atoms with van der Waals surface area (Å²) in [4.78, 5) is 23.0. The van der Waals surface area contributed by atoms with Crippen LogP contribution >= 0.6 is 0 Å². The molecule has 0 saturated carbocycles. The van der Waals surface area contributed by atoms with Crippen molar-refractivity contribution < 1.29 is 19.4 Å². The summed E-state index contributed by atoms with van der Waals surface area (Å²) in [6, 6.07) is -0.0790. The maximum absolute atomic E-state index is 12.1. The zero-order valence-electron chi connectivity index (χ0n) is 11.4. The lowest BCUT2D eigenvalue weighted by molar-refractivity contribution is -0.164. The van der Waals surface area contributed by atoms with E-state index in [1.807, 2.05) is 0 Å². The number of carbonyl (C=O) groups excluding carboxylic acids is 1. The highest BCUT2D eigenvalue weighted by atomic mass is 16.6. The second kappa shape index (κ2) is 6.18. The molecule has 104 valence electrons. The average Bonchev–Trinajstić information content (AvgIpc) is 2.24. The first-order valence-corrected chi connectivity index (χ1v) is 6.47. The Morgan fingerprint density at radius 2 is 2.06 bits per heavy atom. The van der Waals surface area contributed by atoms with E-state index in [9.17, 15) is 9.59 Å². The first-order chi connectivity index (χ1) is 8.29. The Labute approximate surface area is 108 Å². The minimum absolute atomic E-state index is 0.0790. The summed E-state index contributed by atoms with van der Waals surface area (Å²) < 4.78 is 5.31. The van der Waals surface area contributed by atoms with Gasteiger partial charge in [-0.05, 0) is 40.2 Å². The van der Waals surface area contributed by atoms with Crippen LogP contribution in [0.5, 0.6) is 0 Å². The van der Waals surface area contributed by atoms with Gasteiger partial charge in [-0.2, -0.15) is 0 Å². The maximum atomic E-state index is 12.1. The van der Waals surface area contributed by atoms with Crippen LogP contribution in [-0.4, -0.2) is 35.2 Å². The van der Waals surface area contributed by atoms with Crippen LogP contribution in [0.1, 0.15) is 46.5 Å². The van der Waals surface area contributed by atoms with Crippen molar-refractivity contribution in [1.82, 2.24) is 5.32 Å². The summed E-state index contributed by atoms with van der Waals surface area (Å²) in [6.45, 7) is 6.20. The van der Waals surface area contributed by atoms with E-state index in [1.165, 1.54) is 0 Å². The van der Waals surface area contributed by atoms with Gasteiger partial charge in [-0.25, -0.2) is 0 Å². The van der Waals surface area contributed by atoms with Gasteiger partial charge in [-0.1, -0.05) is 6.42 Å². The largest absolute Gasteiger partial charge is 0.481 e. The lowest BCUT2D eigenvalue weighted by atomic mass is 9.89. The van der Waals surface area contributed by atoms with Crippen LogP contribution in [0.15, 0.2) is 0 Å². The molecule has 18 heavy (non-hydrogen) atoms. The van der Waals surface area contributed by atoms with Crippen LogP contribution in [0.4, 0.5) is 0 Å². The minimum Gasteiger partial charge on any atom is -0.481 e. The number of piperidine rings is 1. The van der Waals surface area contributed by atoms with E-state index in [2.05, 4.69) is 5.32 Å². The monoisotopic (exact) mass is 257 g/mol. The predicted octanol–water partition coefficient (Wildman–Crippen LogP) is 1.56. The highest BCUT2D eigenvalue weighted by Gasteiger charge is 2.34. The highest BCUT2D eigenvalue weighted by Crippen LogP contribution is 2.22. The molecule has 5 heteroatoms. The number of carbonyl (C=O) groups is 2. The maximum Gasteiger partial charge on any atom is 0.311 e. The van der Waals surface area contributed by atoms with Gasteiger partial charge in [0.1, 0.15) is 5.60 Å². The Kier molecular flexibility index (Phi) is 5.14. The van der Waals surface area contributed by atoms with E-state index in [-0.39, 0.29) is 12.5 Å². The Balaban J connectivity index is 2.70. The fourth-order valence-electron chi connectivity index (χ4n) is 2.18. The first kappa shape index (κ1) is 15.0. The van der Waals surface area contributed by atoms with Gasteiger partial charge >= 0.3 is 11.9 Å². The van der Waals surface area contributed by atoms with Crippen molar-refractivity contribution in [3.8, 4) is 0 Å². The summed E-state index contributed by atoms with van der Waals surface area (Å²) in [5.41, 5.74) is -0.581. The molecule has 0 radical (unpaired) electrons. The number of hydrogen-bond acceptors (Lipinski definition) is 4. The second-order valence-electron chi connectivity index (χ2n) is 5.79. The van der Waals surface area contributed by atoms with Crippen molar-refractivity contribution in [2.75, 3.05) is 6.54 Å². The Morgan fingerprint density at radius 1 is 1.39 bits per heavy atom. The topological polar surface area (TPSA) is 75.6 Å². The first-order valence-electron chi connectivity index (χ1n) is 6.47. The van der Waals surface area contributed by atoms with Gasteiger partial charge in [-0.3, -0.25) is 9.59 Å². The third-order valence-electron chi connectivity index (χ3n) is 2.94. The van der Waals surface area contributed by atoms with Crippen molar-refractivity contribution in [3.63, 3.8) is 0 Å². The molecule has 0 aromatic rings. The molecule has 0 aliphatic carbocycles. The van der Waals surface area contributed by atoms with E-state index >= 15 is 0 Å². The Hall–Kier alpha value is -1.10. The molecule has 1 aliphatic heterocycles. The van der Waals surface area contributed by atoms with Gasteiger partial charge in [0.15, 0.2) is 0 Å². The number of carboxylic acids is 1. The molecular weight excluding hydrogens is 234 g/mol. The number of esters is 1. The molecule has 1 heterocycles. The average molecular weight is 257 g/mol. The molecule has 2 atom stereocenters. The standard InChI is InChI=1S/C13H23NO4/c1-13(2,3)18-12(17)9(8-11(15)16)10-6-4-5-7-14-10/h9-10,14H,4-8H2,1-3H3,(H,15,16). The van der Waals surface area contributed by atoms with Crippen molar-refractivity contribution in [2.45, 2.75) is 58.1 Å². The predicted molar refractivity (Wildman–Crippen MR) is 67.2 cm³/mol. The van der Waals surface area contributed by atoms with Gasteiger partial charge in [0.2, 0.25) is 0 Å². The molecule has 1 fully saturated rings. The van der Waals surface area contributed by atoms with Crippen LogP contribution in [0, 0.1) is 5.92 Å². The molecule has 2 unspecified atom stereocenters. The van der Waals surface area contributed by atoms with E-state index in [0.29, 0.717) is 0 Å². The zero-order valence-corrected chi connectivity index (χ0v) is 11.4. The van der Waals surface area contributed by atoms with E-state index in [1.54, 1.807) is 20.8 Å². The Bertz CT molecular complexity index is 303. The molecule has 1 aliphatic rings. The van der Waals surface area contributed by atoms with Gasteiger partial charge in [0.05, 0.1) is 12.3 Å². The number of hydrogen-bond donors (Lipinski definition) is 2. The second-order valence-corrected chi connectivity index (χ2v) is 5.79. The number of nitrogens with one attached hydrogen (secondary N) is 1. The van der Waals surface area contributed by atoms with Crippen LogP contribution in [0.25, 0.3) is 0 Å². The molecule has 0 aromatic carbocycles. The lowest BCUT2D eigenvalue weighted by Gasteiger charge is -2.31. The van der Waals surface area contributed by atoms with Crippen molar-refractivity contribution in [1.29, 1.82) is 0 Å². The molecule has 0 bridgehead atoms. The van der Waals surface area contributed by atoms with Crippen molar-refractivity contribution >= 4 is 11.9 Å². The van der Waals surface area contributed by atoms with Gasteiger partial charge in [0.25, 0.3) is 0 Å². The molecule has 0 aromatic heterocycles. The molecule has 0 amide bonds. The van der Waals surface area contributed by atoms with Gasteiger partial charge in [0, 0.05) is 6.04 Å². The summed E-state index contributed by atoms with van der Waals surface area (Å²) >= 11 is 0. The smallest absolute Gasteiger partial charge is 0.311 e. The van der Waals surface area contributed by atoms with Crippen LogP contribution in [0.2, 0.25) is 0 Å². The quantitative estimate of drug-likeness (QED) is 0.747. The minimum atomic E-state index is -0.960.